The summed E-state index contributed by atoms with van der Waals surface area (Å²) in [6.45, 7) is 4.43. The lowest BCUT2D eigenvalue weighted by Gasteiger charge is -2.32. The van der Waals surface area contributed by atoms with Gasteiger partial charge in [-0.3, -0.25) is 9.59 Å². The molecule has 1 atom stereocenters. The van der Waals surface area contributed by atoms with Crippen molar-refractivity contribution in [1.82, 2.24) is 0 Å². The third kappa shape index (κ3) is 3.16. The minimum Gasteiger partial charge on any atom is -0.312 e. The third-order valence-electron chi connectivity index (χ3n) is 3.49. The second kappa shape index (κ2) is 6.03. The molecule has 0 bridgehead atoms. The molecule has 4 heteroatoms. The van der Waals surface area contributed by atoms with Crippen molar-refractivity contribution < 1.29 is 9.59 Å². The SMILES string of the molecule is CC(C)C(=O)[C@@H]1CCCN(c2ccc(I)cc2)C1=O. The number of hydrogen-bond donors (Lipinski definition) is 0. The van der Waals surface area contributed by atoms with E-state index in [9.17, 15) is 9.59 Å². The fourth-order valence-corrected chi connectivity index (χ4v) is 2.78. The Bertz CT molecular complexity index is 481. The van der Waals surface area contributed by atoms with E-state index in [1.807, 2.05) is 38.1 Å². The fraction of sp³-hybridized carbons (Fsp3) is 0.467. The maximum Gasteiger partial charge on any atom is 0.237 e. The highest BCUT2D eigenvalue weighted by Crippen LogP contribution is 2.27. The maximum absolute atomic E-state index is 12.5. The molecule has 19 heavy (non-hydrogen) atoms. The first-order valence-corrected chi connectivity index (χ1v) is 7.69. The van der Waals surface area contributed by atoms with Crippen molar-refractivity contribution in [2.75, 3.05) is 11.4 Å². The van der Waals surface area contributed by atoms with E-state index in [-0.39, 0.29) is 17.6 Å². The summed E-state index contributed by atoms with van der Waals surface area (Å²) in [5.74, 6) is -0.495. The molecule has 102 valence electrons. The zero-order valence-electron chi connectivity index (χ0n) is 11.2. The van der Waals surface area contributed by atoms with Crippen molar-refractivity contribution in [2.24, 2.45) is 11.8 Å². The van der Waals surface area contributed by atoms with Crippen molar-refractivity contribution in [3.8, 4) is 0 Å². The zero-order chi connectivity index (χ0) is 14.0. The van der Waals surface area contributed by atoms with Gasteiger partial charge in [0.2, 0.25) is 5.91 Å². The Labute approximate surface area is 127 Å². The van der Waals surface area contributed by atoms with Crippen LogP contribution in [0.4, 0.5) is 5.69 Å². The van der Waals surface area contributed by atoms with Crippen molar-refractivity contribution in [3.05, 3.63) is 27.8 Å². The third-order valence-corrected chi connectivity index (χ3v) is 4.21. The fourth-order valence-electron chi connectivity index (χ4n) is 2.42. The quantitative estimate of drug-likeness (QED) is 0.604. The van der Waals surface area contributed by atoms with Gasteiger partial charge in [-0.15, -0.1) is 0 Å². The molecule has 0 aliphatic carbocycles. The Morgan fingerprint density at radius 1 is 1.32 bits per heavy atom. The van der Waals surface area contributed by atoms with Crippen molar-refractivity contribution in [2.45, 2.75) is 26.7 Å². The molecule has 1 aliphatic heterocycles. The molecule has 0 radical (unpaired) electrons. The summed E-state index contributed by atoms with van der Waals surface area (Å²) in [5, 5.41) is 0. The monoisotopic (exact) mass is 371 g/mol. The van der Waals surface area contributed by atoms with Gasteiger partial charge in [-0.1, -0.05) is 13.8 Å². The molecule has 1 aromatic carbocycles. The number of piperidine rings is 1. The van der Waals surface area contributed by atoms with E-state index in [0.717, 1.165) is 15.7 Å². The Balaban J connectivity index is 2.21. The van der Waals surface area contributed by atoms with Gasteiger partial charge in [0.25, 0.3) is 0 Å². The van der Waals surface area contributed by atoms with E-state index in [1.165, 1.54) is 0 Å². The molecular formula is C15H18INO2. The molecule has 0 N–H and O–H groups in total. The second-order valence-electron chi connectivity index (χ2n) is 5.22. The average molecular weight is 371 g/mol. The number of nitrogens with zero attached hydrogens (tertiary/aromatic N) is 1. The number of carbonyl (C=O) groups excluding carboxylic acids is 2. The number of amides is 1. The van der Waals surface area contributed by atoms with Crippen molar-refractivity contribution >= 4 is 40.0 Å². The molecule has 0 unspecified atom stereocenters. The molecule has 1 aromatic rings. The number of carbonyl (C=O) groups is 2. The van der Waals surface area contributed by atoms with Gasteiger partial charge in [0.1, 0.15) is 5.78 Å². The van der Waals surface area contributed by atoms with Crippen molar-refractivity contribution in [3.63, 3.8) is 0 Å². The summed E-state index contributed by atoms with van der Waals surface area (Å²) in [6.07, 6.45) is 1.58. The van der Waals surface area contributed by atoms with Crippen LogP contribution in [0.15, 0.2) is 24.3 Å². The van der Waals surface area contributed by atoms with E-state index >= 15 is 0 Å². The summed E-state index contributed by atoms with van der Waals surface area (Å²) in [5.41, 5.74) is 0.895. The first kappa shape index (κ1) is 14.5. The molecule has 1 aliphatic rings. The topological polar surface area (TPSA) is 37.4 Å². The van der Waals surface area contributed by atoms with Crippen LogP contribution in [0.3, 0.4) is 0 Å². The number of halogens is 1. The summed E-state index contributed by atoms with van der Waals surface area (Å²) >= 11 is 2.24. The minimum absolute atomic E-state index is 0.0360. The first-order valence-electron chi connectivity index (χ1n) is 6.61. The van der Waals surface area contributed by atoms with E-state index in [2.05, 4.69) is 22.6 Å². The number of anilines is 1. The van der Waals surface area contributed by atoms with E-state index < -0.39 is 5.92 Å². The summed E-state index contributed by atoms with van der Waals surface area (Å²) in [6, 6.07) is 7.86. The molecule has 0 saturated carbocycles. The van der Waals surface area contributed by atoms with E-state index in [0.29, 0.717) is 13.0 Å². The highest BCUT2D eigenvalue weighted by molar-refractivity contribution is 14.1. The zero-order valence-corrected chi connectivity index (χ0v) is 13.4. The van der Waals surface area contributed by atoms with Crippen LogP contribution < -0.4 is 4.90 Å². The standard InChI is InChI=1S/C15H18INO2/c1-10(2)14(18)13-4-3-9-17(15(13)19)12-7-5-11(16)6-8-12/h5-8,10,13H,3-4,9H2,1-2H3/t13-/m0/s1. The molecule has 2 rings (SSSR count). The van der Waals surface area contributed by atoms with Crippen LogP contribution in [0.5, 0.6) is 0 Å². The number of hydrogen-bond acceptors (Lipinski definition) is 2. The Kier molecular flexibility index (Phi) is 4.60. The first-order chi connectivity index (χ1) is 9.00. The van der Waals surface area contributed by atoms with Crippen LogP contribution in [0.2, 0.25) is 0 Å². The number of benzene rings is 1. The highest BCUT2D eigenvalue weighted by atomic mass is 127. The normalized spacial score (nSPS) is 19.9. The summed E-state index contributed by atoms with van der Waals surface area (Å²) in [4.78, 5) is 26.3. The smallest absolute Gasteiger partial charge is 0.237 e. The number of rotatable bonds is 3. The molecule has 0 spiro atoms. The van der Waals surface area contributed by atoms with Crippen LogP contribution in [0, 0.1) is 15.4 Å². The van der Waals surface area contributed by atoms with Gasteiger partial charge in [0.05, 0.1) is 5.92 Å². The highest BCUT2D eigenvalue weighted by Gasteiger charge is 2.35. The minimum atomic E-state index is -0.451. The van der Waals surface area contributed by atoms with Gasteiger partial charge < -0.3 is 4.90 Å². The predicted molar refractivity (Wildman–Crippen MR) is 84.1 cm³/mol. The Hall–Kier alpha value is -0.910. The van der Waals surface area contributed by atoms with Gasteiger partial charge in [-0.05, 0) is 59.7 Å². The number of ketones is 1. The second-order valence-corrected chi connectivity index (χ2v) is 6.46. The van der Waals surface area contributed by atoms with E-state index in [4.69, 9.17) is 0 Å². The predicted octanol–water partition coefficient (Wildman–Crippen LogP) is 3.26. The van der Waals surface area contributed by atoms with Gasteiger partial charge in [0.15, 0.2) is 0 Å². The van der Waals surface area contributed by atoms with Gasteiger partial charge >= 0.3 is 0 Å². The lowest BCUT2D eigenvalue weighted by atomic mass is 9.87. The maximum atomic E-state index is 12.5. The lowest BCUT2D eigenvalue weighted by molar-refractivity contribution is -0.135. The van der Waals surface area contributed by atoms with Crippen LogP contribution >= 0.6 is 22.6 Å². The molecule has 3 nitrogen and oxygen atoms in total. The van der Waals surface area contributed by atoms with Crippen molar-refractivity contribution in [1.29, 1.82) is 0 Å². The Morgan fingerprint density at radius 2 is 1.95 bits per heavy atom. The lowest BCUT2D eigenvalue weighted by Crippen LogP contribution is -2.45. The van der Waals surface area contributed by atoms with Gasteiger partial charge in [-0.25, -0.2) is 0 Å². The summed E-state index contributed by atoms with van der Waals surface area (Å²) < 4.78 is 1.14. The molecule has 1 saturated heterocycles. The van der Waals surface area contributed by atoms with Gasteiger partial charge in [-0.2, -0.15) is 0 Å². The van der Waals surface area contributed by atoms with E-state index in [1.54, 1.807) is 4.90 Å². The molecular weight excluding hydrogens is 353 g/mol. The molecule has 1 heterocycles. The molecule has 1 amide bonds. The molecule has 0 aromatic heterocycles. The average Bonchev–Trinajstić information content (AvgIpc) is 2.39. The van der Waals surface area contributed by atoms with Gasteiger partial charge in [0, 0.05) is 21.7 Å². The largest absolute Gasteiger partial charge is 0.312 e. The Morgan fingerprint density at radius 3 is 2.53 bits per heavy atom. The van der Waals surface area contributed by atoms with Crippen LogP contribution in [0.1, 0.15) is 26.7 Å². The van der Waals surface area contributed by atoms with Crippen LogP contribution in [0.25, 0.3) is 0 Å². The summed E-state index contributed by atoms with van der Waals surface area (Å²) in [7, 11) is 0. The van der Waals surface area contributed by atoms with Crippen LogP contribution in [-0.4, -0.2) is 18.2 Å². The molecule has 1 fully saturated rings. The van der Waals surface area contributed by atoms with Crippen LogP contribution in [-0.2, 0) is 9.59 Å². The number of Topliss-reactive ketones (excluding diaryl/α,β-unsaturated/α-hetero) is 1.